The van der Waals surface area contributed by atoms with Gasteiger partial charge in [0.25, 0.3) is 0 Å². The Labute approximate surface area is 357 Å². The summed E-state index contributed by atoms with van der Waals surface area (Å²) in [5.74, 6) is 0. The maximum Gasteiger partial charge on any atom is 0.0547 e. The first-order valence-electron chi connectivity index (χ1n) is 21.3. The summed E-state index contributed by atoms with van der Waals surface area (Å²) in [6.45, 7) is 8.94. The molecule has 0 bridgehead atoms. The van der Waals surface area contributed by atoms with Crippen LogP contribution in [0, 0.1) is 6.92 Å². The molecule has 2 heteroatoms. The third-order valence-corrected chi connectivity index (χ3v) is 12.6. The van der Waals surface area contributed by atoms with Crippen LogP contribution in [0.3, 0.4) is 0 Å². The van der Waals surface area contributed by atoms with Gasteiger partial charge in [0.2, 0.25) is 0 Å². The molecule has 11 aromatic rings. The van der Waals surface area contributed by atoms with E-state index in [1.165, 1.54) is 99.2 Å². The molecule has 0 saturated carbocycles. The normalized spacial score (nSPS) is 11.9. The second-order valence-electron chi connectivity index (χ2n) is 17.5. The Morgan fingerprint density at radius 3 is 1.26 bits per heavy atom. The molecule has 2 aromatic heterocycles. The number of hydrogen-bond acceptors (Lipinski definition) is 0. The van der Waals surface area contributed by atoms with Crippen molar-refractivity contribution in [3.05, 3.63) is 217 Å². The highest BCUT2D eigenvalue weighted by molar-refractivity contribution is 6.13. The molecule has 0 aliphatic rings. The Morgan fingerprint density at radius 1 is 0.295 bits per heavy atom. The summed E-state index contributed by atoms with van der Waals surface area (Å²) in [5.41, 5.74) is 19.6. The van der Waals surface area contributed by atoms with Crippen molar-refractivity contribution in [1.82, 2.24) is 9.13 Å². The SMILES string of the molecule is Cc1ccc(-c2ccc3c4cc(-c5ccc6c(c5)c5ccccc5n6-c5ccc(-c6ccccc6)cc5)ccc4n(-c4ccc(-c5ccc(C(C)(C)C)cc5)cc4)c3c2)cc1. The van der Waals surface area contributed by atoms with E-state index in [1.54, 1.807) is 0 Å². The van der Waals surface area contributed by atoms with Crippen LogP contribution >= 0.6 is 0 Å². The fraction of sp³-hybridized carbons (Fsp3) is 0.0847. The fourth-order valence-corrected chi connectivity index (χ4v) is 9.23. The summed E-state index contributed by atoms with van der Waals surface area (Å²) in [6, 6.07) is 76.2. The van der Waals surface area contributed by atoms with Crippen LogP contribution in [0.2, 0.25) is 0 Å². The van der Waals surface area contributed by atoms with Gasteiger partial charge in [-0.3, -0.25) is 0 Å². The smallest absolute Gasteiger partial charge is 0.0547 e. The molecular formula is C59H46N2. The largest absolute Gasteiger partial charge is 0.309 e. The third kappa shape index (κ3) is 6.44. The molecule has 11 rings (SSSR count). The molecule has 61 heavy (non-hydrogen) atoms. The van der Waals surface area contributed by atoms with Gasteiger partial charge in [-0.25, -0.2) is 0 Å². The third-order valence-electron chi connectivity index (χ3n) is 12.6. The highest BCUT2D eigenvalue weighted by Crippen LogP contribution is 2.40. The quantitative estimate of drug-likeness (QED) is 0.159. The van der Waals surface area contributed by atoms with E-state index < -0.39 is 0 Å². The Morgan fingerprint density at radius 2 is 0.689 bits per heavy atom. The lowest BCUT2D eigenvalue weighted by Crippen LogP contribution is -2.10. The summed E-state index contributed by atoms with van der Waals surface area (Å²) in [5, 5.41) is 4.98. The second-order valence-corrected chi connectivity index (χ2v) is 17.5. The molecule has 9 aromatic carbocycles. The van der Waals surface area contributed by atoms with Crippen LogP contribution in [0.25, 0.3) is 99.5 Å². The average Bonchev–Trinajstić information content (AvgIpc) is 3.81. The predicted octanol–water partition coefficient (Wildman–Crippen LogP) is 16.2. The molecule has 2 heterocycles. The van der Waals surface area contributed by atoms with E-state index in [-0.39, 0.29) is 5.41 Å². The number of rotatable bonds is 6. The van der Waals surface area contributed by atoms with Gasteiger partial charge in [0.1, 0.15) is 0 Å². The first kappa shape index (κ1) is 36.6. The fourth-order valence-electron chi connectivity index (χ4n) is 9.23. The Bertz CT molecular complexity index is 3390. The van der Waals surface area contributed by atoms with Crippen molar-refractivity contribution in [2.75, 3.05) is 0 Å². The summed E-state index contributed by atoms with van der Waals surface area (Å²) in [6.07, 6.45) is 0. The molecule has 0 fully saturated rings. The molecule has 0 atom stereocenters. The zero-order chi connectivity index (χ0) is 41.2. The Kier molecular flexibility index (Phi) is 8.65. The van der Waals surface area contributed by atoms with E-state index >= 15 is 0 Å². The lowest BCUT2D eigenvalue weighted by Gasteiger charge is -2.19. The number of nitrogens with zero attached hydrogens (tertiary/aromatic N) is 2. The molecule has 0 saturated heterocycles. The summed E-state index contributed by atoms with van der Waals surface area (Å²) < 4.78 is 4.84. The van der Waals surface area contributed by atoms with E-state index in [0.29, 0.717) is 0 Å². The topological polar surface area (TPSA) is 9.86 Å². The molecule has 0 aliphatic heterocycles. The molecule has 0 radical (unpaired) electrons. The van der Waals surface area contributed by atoms with Crippen molar-refractivity contribution < 1.29 is 0 Å². The van der Waals surface area contributed by atoms with Crippen molar-refractivity contribution in [1.29, 1.82) is 0 Å². The zero-order valence-electron chi connectivity index (χ0n) is 35.0. The van der Waals surface area contributed by atoms with Crippen molar-refractivity contribution in [2.45, 2.75) is 33.1 Å². The van der Waals surface area contributed by atoms with Gasteiger partial charge in [0.15, 0.2) is 0 Å². The average molecular weight is 783 g/mol. The molecular weight excluding hydrogens is 737 g/mol. The Hall–Kier alpha value is -7.42. The van der Waals surface area contributed by atoms with Gasteiger partial charge in [-0.05, 0) is 123 Å². The maximum atomic E-state index is 2.44. The monoisotopic (exact) mass is 782 g/mol. The minimum absolute atomic E-state index is 0.125. The molecule has 0 aliphatic carbocycles. The van der Waals surface area contributed by atoms with Crippen LogP contribution in [0.4, 0.5) is 0 Å². The summed E-state index contributed by atoms with van der Waals surface area (Å²) in [7, 11) is 0. The minimum atomic E-state index is 0.125. The second kappa shape index (κ2) is 14.4. The number of para-hydroxylation sites is 1. The van der Waals surface area contributed by atoms with Crippen LogP contribution in [-0.4, -0.2) is 9.13 Å². The number of benzene rings is 9. The molecule has 292 valence electrons. The van der Waals surface area contributed by atoms with Gasteiger partial charge in [-0.2, -0.15) is 0 Å². The van der Waals surface area contributed by atoms with E-state index in [1.807, 2.05) is 0 Å². The highest BCUT2D eigenvalue weighted by Gasteiger charge is 2.18. The van der Waals surface area contributed by atoms with Gasteiger partial charge in [-0.1, -0.05) is 172 Å². The maximum absolute atomic E-state index is 2.44. The predicted molar refractivity (Wildman–Crippen MR) is 260 cm³/mol. The molecule has 0 N–H and O–H groups in total. The zero-order valence-corrected chi connectivity index (χ0v) is 35.0. The number of aromatic nitrogens is 2. The van der Waals surface area contributed by atoms with E-state index in [9.17, 15) is 0 Å². The van der Waals surface area contributed by atoms with Crippen LogP contribution in [0.5, 0.6) is 0 Å². The van der Waals surface area contributed by atoms with E-state index in [0.717, 1.165) is 11.4 Å². The van der Waals surface area contributed by atoms with Crippen LogP contribution in [-0.2, 0) is 5.41 Å². The summed E-state index contributed by atoms with van der Waals surface area (Å²) >= 11 is 0. The van der Waals surface area contributed by atoms with Crippen LogP contribution < -0.4 is 0 Å². The van der Waals surface area contributed by atoms with Gasteiger partial charge < -0.3 is 9.13 Å². The van der Waals surface area contributed by atoms with Crippen molar-refractivity contribution in [3.63, 3.8) is 0 Å². The van der Waals surface area contributed by atoms with Crippen LogP contribution in [0.1, 0.15) is 31.9 Å². The minimum Gasteiger partial charge on any atom is -0.309 e. The molecule has 2 nitrogen and oxygen atoms in total. The van der Waals surface area contributed by atoms with E-state index in [4.69, 9.17) is 0 Å². The first-order valence-corrected chi connectivity index (χ1v) is 21.3. The van der Waals surface area contributed by atoms with Crippen molar-refractivity contribution >= 4 is 43.6 Å². The van der Waals surface area contributed by atoms with Crippen molar-refractivity contribution in [3.8, 4) is 55.9 Å². The molecule has 0 unspecified atom stereocenters. The van der Waals surface area contributed by atoms with Gasteiger partial charge in [-0.15, -0.1) is 0 Å². The number of aryl methyl sites for hydroxylation is 1. The number of hydrogen-bond donors (Lipinski definition) is 0. The van der Waals surface area contributed by atoms with Crippen molar-refractivity contribution in [2.24, 2.45) is 0 Å². The lowest BCUT2D eigenvalue weighted by molar-refractivity contribution is 0.590. The standard InChI is InChI=1S/C59H46N2/c1-39-14-16-44(17-15-39)47-24-33-52-54-37-46(26-35-57(54)61(58(52)38-47)50-31-22-43(23-32-50)41-18-27-48(28-19-41)59(2,3)4)45-25-34-56-53(36-45)51-12-8-9-13-55(51)60(56)49-29-20-42(21-30-49)40-10-6-5-7-11-40/h5-38H,1-4H3. The Balaban J connectivity index is 1.03. The summed E-state index contributed by atoms with van der Waals surface area (Å²) in [4.78, 5) is 0. The molecule has 0 spiro atoms. The first-order chi connectivity index (χ1) is 29.8. The van der Waals surface area contributed by atoms with Gasteiger partial charge >= 0.3 is 0 Å². The van der Waals surface area contributed by atoms with Gasteiger partial charge in [0, 0.05) is 32.9 Å². The molecule has 0 amide bonds. The van der Waals surface area contributed by atoms with Gasteiger partial charge in [0.05, 0.1) is 22.1 Å². The van der Waals surface area contributed by atoms with E-state index in [2.05, 4.69) is 243 Å². The highest BCUT2D eigenvalue weighted by atomic mass is 15.0. The van der Waals surface area contributed by atoms with Crippen LogP contribution in [0.15, 0.2) is 206 Å². The lowest BCUT2D eigenvalue weighted by atomic mass is 9.86. The number of fused-ring (bicyclic) bond motifs is 6.